The minimum atomic E-state index is -0.600. The summed E-state index contributed by atoms with van der Waals surface area (Å²) >= 11 is 0. The van der Waals surface area contributed by atoms with Crippen molar-refractivity contribution in [3.63, 3.8) is 0 Å². The molecule has 2 saturated heterocycles. The van der Waals surface area contributed by atoms with Gasteiger partial charge in [-0.3, -0.25) is 4.84 Å². The minimum absolute atomic E-state index is 0.0958. The van der Waals surface area contributed by atoms with E-state index in [0.29, 0.717) is 23.9 Å². The fourth-order valence-electron chi connectivity index (χ4n) is 5.87. The van der Waals surface area contributed by atoms with E-state index in [0.717, 1.165) is 25.9 Å². The van der Waals surface area contributed by atoms with Gasteiger partial charge < -0.3 is 4.74 Å². The standard InChI is InChI=1S/C21H29NO3/c1-20-16-13-18(19(20)15-9-5-3-6-10-15)21(2,25-22(20)23-14-16)24-17-11-7-4-8-12-17/h3,5-6,9-10,16-19H,4,7-8,11-14H2,1-2H3/t16-,18-,19-,20+,21-/m1/s1. The zero-order valence-corrected chi connectivity index (χ0v) is 15.3. The van der Waals surface area contributed by atoms with Gasteiger partial charge in [-0.05, 0) is 38.7 Å². The Morgan fingerprint density at radius 3 is 2.60 bits per heavy atom. The number of hydrogen-bond acceptors (Lipinski definition) is 4. The Kier molecular flexibility index (Phi) is 3.76. The van der Waals surface area contributed by atoms with Crippen LogP contribution in [0.3, 0.4) is 0 Å². The number of benzene rings is 1. The molecule has 1 aromatic rings. The smallest absolute Gasteiger partial charge is 0.191 e. The third-order valence-corrected chi connectivity index (χ3v) is 7.23. The van der Waals surface area contributed by atoms with E-state index in [9.17, 15) is 0 Å². The summed E-state index contributed by atoms with van der Waals surface area (Å²) in [5, 5.41) is 1.81. The highest BCUT2D eigenvalue weighted by Crippen LogP contribution is 2.64. The van der Waals surface area contributed by atoms with Gasteiger partial charge in [0.05, 0.1) is 18.2 Å². The molecule has 4 heteroatoms. The van der Waals surface area contributed by atoms with Crippen LogP contribution in [0, 0.1) is 11.8 Å². The van der Waals surface area contributed by atoms with Gasteiger partial charge in [0.2, 0.25) is 0 Å². The van der Waals surface area contributed by atoms with Crippen molar-refractivity contribution in [2.24, 2.45) is 11.8 Å². The van der Waals surface area contributed by atoms with E-state index >= 15 is 0 Å². The Hall–Kier alpha value is -0.940. The molecule has 0 unspecified atom stereocenters. The van der Waals surface area contributed by atoms with Crippen molar-refractivity contribution in [1.82, 2.24) is 5.23 Å². The highest BCUT2D eigenvalue weighted by Gasteiger charge is 2.70. The molecular formula is C21H29NO3. The third kappa shape index (κ3) is 2.34. The van der Waals surface area contributed by atoms with Crippen LogP contribution in [-0.4, -0.2) is 29.3 Å². The summed E-state index contributed by atoms with van der Waals surface area (Å²) in [5.74, 6) is 0.645. The Morgan fingerprint density at radius 2 is 1.84 bits per heavy atom. The number of rotatable bonds is 3. The van der Waals surface area contributed by atoms with E-state index in [-0.39, 0.29) is 5.54 Å². The lowest BCUT2D eigenvalue weighted by Gasteiger charge is -2.52. The lowest BCUT2D eigenvalue weighted by molar-refractivity contribution is -0.495. The average Bonchev–Trinajstić information content (AvgIpc) is 3.06. The van der Waals surface area contributed by atoms with Gasteiger partial charge >= 0.3 is 0 Å². The Balaban J connectivity index is 1.51. The monoisotopic (exact) mass is 343 g/mol. The topological polar surface area (TPSA) is 30.9 Å². The third-order valence-electron chi connectivity index (χ3n) is 7.23. The molecule has 4 aliphatic rings. The first-order valence-corrected chi connectivity index (χ1v) is 9.96. The van der Waals surface area contributed by atoms with Crippen LogP contribution < -0.4 is 0 Å². The summed E-state index contributed by atoms with van der Waals surface area (Å²) in [6, 6.07) is 10.9. The fourth-order valence-corrected chi connectivity index (χ4v) is 5.87. The largest absolute Gasteiger partial charge is 0.345 e. The van der Waals surface area contributed by atoms with Crippen LogP contribution in [-0.2, 0) is 14.4 Å². The van der Waals surface area contributed by atoms with E-state index in [1.54, 1.807) is 0 Å². The van der Waals surface area contributed by atoms with Crippen molar-refractivity contribution in [2.75, 3.05) is 6.61 Å². The summed E-state index contributed by atoms with van der Waals surface area (Å²) in [6.07, 6.45) is 7.62. The SMILES string of the molecule is C[C@@]1(OC2CCCCC2)ON2OC[C@H]3C[C@@H]1[C@@H](c1ccccc1)[C@]32C. The first-order valence-electron chi connectivity index (χ1n) is 9.96. The molecule has 2 aliphatic heterocycles. The number of hydrogen-bond donors (Lipinski definition) is 0. The second kappa shape index (κ2) is 5.78. The second-order valence-electron chi connectivity index (χ2n) is 8.69. The summed E-state index contributed by atoms with van der Waals surface area (Å²) in [4.78, 5) is 12.4. The normalized spacial score (nSPS) is 44.3. The molecule has 2 bridgehead atoms. The van der Waals surface area contributed by atoms with Gasteiger partial charge in [-0.2, -0.15) is 0 Å². The summed E-state index contributed by atoms with van der Waals surface area (Å²) in [7, 11) is 0. The Morgan fingerprint density at radius 1 is 1.08 bits per heavy atom. The maximum absolute atomic E-state index is 6.66. The predicted molar refractivity (Wildman–Crippen MR) is 94.4 cm³/mol. The Labute approximate surface area is 150 Å². The zero-order chi connectivity index (χ0) is 17.1. The molecular weight excluding hydrogens is 314 g/mol. The van der Waals surface area contributed by atoms with E-state index in [4.69, 9.17) is 14.4 Å². The van der Waals surface area contributed by atoms with Crippen LogP contribution in [0.2, 0.25) is 0 Å². The highest BCUT2D eigenvalue weighted by molar-refractivity contribution is 5.30. The van der Waals surface area contributed by atoms with Crippen LogP contribution in [0.5, 0.6) is 0 Å². The van der Waals surface area contributed by atoms with Crippen molar-refractivity contribution < 1.29 is 14.4 Å². The summed E-state index contributed by atoms with van der Waals surface area (Å²) in [6.45, 7) is 5.21. The van der Waals surface area contributed by atoms with Crippen LogP contribution >= 0.6 is 0 Å². The fraction of sp³-hybridized carbons (Fsp3) is 0.714. The Bertz CT molecular complexity index is 631. The van der Waals surface area contributed by atoms with Gasteiger partial charge in [-0.1, -0.05) is 54.8 Å². The molecule has 0 spiro atoms. The minimum Gasteiger partial charge on any atom is -0.345 e. The maximum Gasteiger partial charge on any atom is 0.191 e. The van der Waals surface area contributed by atoms with Crippen LogP contribution in [0.4, 0.5) is 0 Å². The van der Waals surface area contributed by atoms with E-state index < -0.39 is 5.79 Å². The first kappa shape index (κ1) is 16.2. The molecule has 4 fully saturated rings. The molecule has 25 heavy (non-hydrogen) atoms. The molecule has 5 rings (SSSR count). The molecule has 2 saturated carbocycles. The second-order valence-corrected chi connectivity index (χ2v) is 8.69. The maximum atomic E-state index is 6.66. The van der Waals surface area contributed by atoms with Crippen molar-refractivity contribution in [3.8, 4) is 0 Å². The van der Waals surface area contributed by atoms with E-state index in [1.807, 2.05) is 5.23 Å². The van der Waals surface area contributed by atoms with Gasteiger partial charge in [-0.25, -0.2) is 4.84 Å². The molecule has 0 N–H and O–H groups in total. The zero-order valence-electron chi connectivity index (χ0n) is 15.3. The highest BCUT2D eigenvalue weighted by atomic mass is 17.0. The molecule has 5 atom stereocenters. The van der Waals surface area contributed by atoms with Gasteiger partial charge in [0.1, 0.15) is 0 Å². The van der Waals surface area contributed by atoms with E-state index in [2.05, 4.69) is 44.2 Å². The molecule has 136 valence electrons. The van der Waals surface area contributed by atoms with Crippen LogP contribution in [0.15, 0.2) is 30.3 Å². The lowest BCUT2D eigenvalue weighted by atomic mass is 9.74. The number of fused-ring (bicyclic) bond motifs is 1. The lowest BCUT2D eigenvalue weighted by Crippen LogP contribution is -2.60. The molecule has 1 aromatic carbocycles. The van der Waals surface area contributed by atoms with Crippen molar-refractivity contribution >= 4 is 0 Å². The first-order chi connectivity index (χ1) is 12.1. The van der Waals surface area contributed by atoms with Crippen LogP contribution in [0.1, 0.15) is 63.9 Å². The summed E-state index contributed by atoms with van der Waals surface area (Å²) < 4.78 is 6.66. The molecule has 0 amide bonds. The molecule has 4 nitrogen and oxygen atoms in total. The van der Waals surface area contributed by atoms with Crippen molar-refractivity contribution in [2.45, 2.75) is 75.7 Å². The molecule has 2 heterocycles. The van der Waals surface area contributed by atoms with E-state index in [1.165, 1.54) is 24.8 Å². The quantitative estimate of drug-likeness (QED) is 0.813. The summed E-state index contributed by atoms with van der Waals surface area (Å²) in [5.41, 5.74) is 1.29. The van der Waals surface area contributed by atoms with Gasteiger partial charge in [0.15, 0.2) is 5.79 Å². The predicted octanol–water partition coefficient (Wildman–Crippen LogP) is 4.42. The van der Waals surface area contributed by atoms with Crippen molar-refractivity contribution in [1.29, 1.82) is 0 Å². The van der Waals surface area contributed by atoms with Crippen LogP contribution in [0.25, 0.3) is 0 Å². The van der Waals surface area contributed by atoms with Gasteiger partial charge in [-0.15, -0.1) is 0 Å². The number of nitrogens with zero attached hydrogens (tertiary/aromatic N) is 1. The van der Waals surface area contributed by atoms with Gasteiger partial charge in [0.25, 0.3) is 0 Å². The van der Waals surface area contributed by atoms with Gasteiger partial charge in [0, 0.05) is 17.8 Å². The molecule has 0 radical (unpaired) electrons. The van der Waals surface area contributed by atoms with Crippen molar-refractivity contribution in [3.05, 3.63) is 35.9 Å². The molecule has 0 aromatic heterocycles. The average molecular weight is 343 g/mol. The number of ether oxygens (including phenoxy) is 1. The molecule has 2 aliphatic carbocycles. The number of hydroxylamine groups is 2.